The number of carbonyl (C=O) groups is 1. The number of nitrogens with one attached hydrogen (secondary N) is 2. The second kappa shape index (κ2) is 10.1. The van der Waals surface area contributed by atoms with Gasteiger partial charge in [-0.3, -0.25) is 14.4 Å². The van der Waals surface area contributed by atoms with Gasteiger partial charge in [0.05, 0.1) is 19.1 Å². The van der Waals surface area contributed by atoms with Gasteiger partial charge in [-0.15, -0.1) is 0 Å². The van der Waals surface area contributed by atoms with Crippen LogP contribution in [0.25, 0.3) is 11.2 Å². The zero-order chi connectivity index (χ0) is 24.3. The van der Waals surface area contributed by atoms with Crippen LogP contribution < -0.4 is 16.4 Å². The number of imidazole rings is 1. The predicted octanol–water partition coefficient (Wildman–Crippen LogP) is 0.250. The number of carbonyl (C=O) groups excluding carboxylic acids is 1. The highest BCUT2D eigenvalue weighted by molar-refractivity contribution is 7.52. The number of aliphatic hydroxyl groups excluding tert-OH is 2. The van der Waals surface area contributed by atoms with Crippen molar-refractivity contribution < 1.29 is 33.7 Å². The molecule has 0 radical (unpaired) electrons. The van der Waals surface area contributed by atoms with Crippen molar-refractivity contribution in [2.75, 3.05) is 29.9 Å². The zero-order valence-corrected chi connectivity index (χ0v) is 18.7. The quantitative estimate of drug-likeness (QED) is 0.234. The Morgan fingerprint density at radius 3 is 2.68 bits per heavy atom. The molecule has 182 valence electrons. The highest BCUT2D eigenvalue weighted by Crippen LogP contribution is 2.42. The topological polar surface area (TPSA) is 207 Å². The van der Waals surface area contributed by atoms with Gasteiger partial charge in [0.1, 0.15) is 24.6 Å². The second-order valence-electron chi connectivity index (χ2n) is 7.48. The summed E-state index contributed by atoms with van der Waals surface area (Å²) in [6.07, 6.45) is -2.77. The molecule has 1 aliphatic rings. The van der Waals surface area contributed by atoms with E-state index >= 15 is 0 Å². The van der Waals surface area contributed by atoms with E-state index in [1.165, 1.54) is 17.2 Å². The minimum Gasteiger partial charge on any atom is -0.387 e. The van der Waals surface area contributed by atoms with Crippen LogP contribution in [0.3, 0.4) is 0 Å². The Hall–Kier alpha value is -2.97. The van der Waals surface area contributed by atoms with Gasteiger partial charge in [-0.2, -0.15) is 0 Å². The molecular weight excluding hydrogens is 469 g/mol. The lowest BCUT2D eigenvalue weighted by atomic mass is 10.1. The third-order valence-corrected chi connectivity index (χ3v) is 6.46. The Morgan fingerprint density at radius 2 is 1.94 bits per heavy atom. The molecule has 1 saturated heterocycles. The van der Waals surface area contributed by atoms with Crippen LogP contribution >= 0.6 is 7.60 Å². The smallest absolute Gasteiger partial charge is 0.329 e. The predicted molar refractivity (Wildman–Crippen MR) is 120 cm³/mol. The monoisotopic (exact) mass is 493 g/mol. The summed E-state index contributed by atoms with van der Waals surface area (Å²) in [4.78, 5) is 34.4. The molecule has 2 unspecified atom stereocenters. The van der Waals surface area contributed by atoms with Gasteiger partial charge in [0.2, 0.25) is 0 Å². The van der Waals surface area contributed by atoms with Gasteiger partial charge in [0.25, 0.3) is 0 Å². The lowest BCUT2D eigenvalue weighted by molar-refractivity contribution is -0.0484. The minimum atomic E-state index is -3.94. The van der Waals surface area contributed by atoms with E-state index in [0.29, 0.717) is 5.69 Å². The van der Waals surface area contributed by atoms with Crippen LogP contribution in [0.1, 0.15) is 6.23 Å². The maximum Gasteiger partial charge on any atom is 0.329 e. The molecule has 0 bridgehead atoms. The van der Waals surface area contributed by atoms with Gasteiger partial charge in [-0.05, 0) is 12.1 Å². The molecule has 7 N–H and O–H groups in total. The lowest BCUT2D eigenvalue weighted by Crippen LogP contribution is -2.33. The van der Waals surface area contributed by atoms with Gasteiger partial charge in [0.15, 0.2) is 23.2 Å². The van der Waals surface area contributed by atoms with E-state index in [2.05, 4.69) is 25.6 Å². The zero-order valence-electron chi connectivity index (χ0n) is 17.8. The van der Waals surface area contributed by atoms with Crippen LogP contribution in [0.5, 0.6) is 0 Å². The van der Waals surface area contributed by atoms with Crippen LogP contribution in [0.4, 0.5) is 16.3 Å². The van der Waals surface area contributed by atoms with Crippen LogP contribution in [-0.4, -0.2) is 78.3 Å². The number of rotatable bonds is 8. The molecule has 3 heterocycles. The van der Waals surface area contributed by atoms with E-state index in [0.717, 1.165) is 0 Å². The first-order chi connectivity index (χ1) is 16.3. The van der Waals surface area contributed by atoms with Crippen molar-refractivity contribution in [1.82, 2.24) is 19.5 Å². The van der Waals surface area contributed by atoms with Gasteiger partial charge < -0.3 is 35.4 Å². The van der Waals surface area contributed by atoms with Gasteiger partial charge in [0, 0.05) is 12.2 Å². The number of amides is 2. The van der Waals surface area contributed by atoms with Crippen molar-refractivity contribution in [3.05, 3.63) is 43.0 Å². The summed E-state index contributed by atoms with van der Waals surface area (Å²) in [6, 6.07) is 8.27. The maximum absolute atomic E-state index is 12.3. The molecule has 5 atom stereocenters. The maximum atomic E-state index is 12.3. The number of nitrogens with zero attached hydrogens (tertiary/aromatic N) is 4. The fourth-order valence-electron chi connectivity index (χ4n) is 3.44. The van der Waals surface area contributed by atoms with Gasteiger partial charge in [-0.1, -0.05) is 18.2 Å². The molecule has 2 aromatic heterocycles. The summed E-state index contributed by atoms with van der Waals surface area (Å²) in [7, 11) is -3.94. The first-order valence-electron chi connectivity index (χ1n) is 10.3. The summed E-state index contributed by atoms with van der Waals surface area (Å²) in [5, 5.41) is 26.1. The Kier molecular flexibility index (Phi) is 7.19. The van der Waals surface area contributed by atoms with Crippen LogP contribution in [0, 0.1) is 0 Å². The number of aliphatic hydroxyl groups is 2. The number of para-hydroxylation sites is 1. The number of hydrogen-bond donors (Lipinski definition) is 6. The number of nitrogens with two attached hydrogens (primary N) is 1. The number of aromatic nitrogens is 4. The molecule has 15 heteroatoms. The Labute approximate surface area is 193 Å². The van der Waals surface area contributed by atoms with Gasteiger partial charge in [-0.25, -0.2) is 19.7 Å². The summed E-state index contributed by atoms with van der Waals surface area (Å²) in [5.74, 6) is 0.119. The first kappa shape index (κ1) is 24.2. The molecule has 0 aliphatic carbocycles. The molecule has 1 aromatic carbocycles. The largest absolute Gasteiger partial charge is 0.387 e. The SMILES string of the molecule is NCCP(=O)(O)OC[C@H]1O[C@@H](n2cnc3c(NC(=O)Nc4ccccc4)ncnc32)[C@@H](O)C1O. The lowest BCUT2D eigenvalue weighted by Gasteiger charge is -2.17. The fraction of sp³-hybridized carbons (Fsp3) is 0.368. The molecule has 3 aromatic rings. The second-order valence-corrected chi connectivity index (χ2v) is 9.46. The number of ether oxygens (including phenoxy) is 1. The van der Waals surface area contributed by atoms with Crippen LogP contribution in [0.2, 0.25) is 0 Å². The number of hydrogen-bond acceptors (Lipinski definition) is 10. The van der Waals surface area contributed by atoms with E-state index in [1.54, 1.807) is 24.3 Å². The first-order valence-corrected chi connectivity index (χ1v) is 12.0. The van der Waals surface area contributed by atoms with Crippen molar-refractivity contribution in [2.24, 2.45) is 5.73 Å². The molecule has 1 aliphatic heterocycles. The summed E-state index contributed by atoms with van der Waals surface area (Å²) >= 11 is 0. The molecule has 34 heavy (non-hydrogen) atoms. The molecule has 4 rings (SSSR count). The highest BCUT2D eigenvalue weighted by atomic mass is 31.2. The molecule has 2 amide bonds. The Morgan fingerprint density at radius 1 is 1.18 bits per heavy atom. The van der Waals surface area contributed by atoms with E-state index in [4.69, 9.17) is 15.0 Å². The van der Waals surface area contributed by atoms with Crippen molar-refractivity contribution in [3.63, 3.8) is 0 Å². The minimum absolute atomic E-state index is 0.0480. The van der Waals surface area contributed by atoms with Crippen molar-refractivity contribution in [2.45, 2.75) is 24.5 Å². The molecule has 0 saturated carbocycles. The van der Waals surface area contributed by atoms with Crippen molar-refractivity contribution in [3.8, 4) is 0 Å². The van der Waals surface area contributed by atoms with E-state index < -0.39 is 44.8 Å². The third kappa shape index (κ3) is 5.23. The Bertz CT molecular complexity index is 1190. The summed E-state index contributed by atoms with van der Waals surface area (Å²) in [5.41, 5.74) is 6.31. The number of benzene rings is 1. The molecule has 0 spiro atoms. The normalized spacial score (nSPS) is 24.1. The molecule has 14 nitrogen and oxygen atoms in total. The number of fused-ring (bicyclic) bond motifs is 1. The number of anilines is 2. The van der Waals surface area contributed by atoms with E-state index in [1.807, 2.05) is 6.07 Å². The van der Waals surface area contributed by atoms with Crippen LogP contribution in [0.15, 0.2) is 43.0 Å². The third-order valence-electron chi connectivity index (χ3n) is 5.09. The van der Waals surface area contributed by atoms with Crippen LogP contribution in [-0.2, 0) is 13.8 Å². The average molecular weight is 493 g/mol. The molecule has 1 fully saturated rings. The van der Waals surface area contributed by atoms with Crippen molar-refractivity contribution >= 4 is 36.3 Å². The highest BCUT2D eigenvalue weighted by Gasteiger charge is 2.45. The number of urea groups is 1. The van der Waals surface area contributed by atoms with Gasteiger partial charge >= 0.3 is 13.6 Å². The summed E-state index contributed by atoms with van der Waals surface area (Å²) in [6.45, 7) is -0.482. The fourth-order valence-corrected chi connectivity index (χ4v) is 4.27. The summed E-state index contributed by atoms with van der Waals surface area (Å²) < 4.78 is 23.9. The Balaban J connectivity index is 1.49. The van der Waals surface area contributed by atoms with Crippen molar-refractivity contribution in [1.29, 1.82) is 0 Å². The van der Waals surface area contributed by atoms with E-state index in [-0.39, 0.29) is 29.7 Å². The molecular formula is C19H24N7O7P. The average Bonchev–Trinajstić information content (AvgIpc) is 3.35. The van der Waals surface area contributed by atoms with E-state index in [9.17, 15) is 24.5 Å². The standard InChI is InChI=1S/C19H24N7O7P/c20-6-7-34(30,31)32-8-12-14(27)15(28)18(33-12)26-10-23-13-16(21-9-22-17(13)26)25-19(29)24-11-4-2-1-3-5-11/h1-5,9-10,12,14-15,18,27-28H,6-8,20H2,(H,30,31)(H2,21,22,24,25,29)/t12-,14?,15+,18-/m1/s1.